The zero-order chi connectivity index (χ0) is 15.1. The lowest BCUT2D eigenvalue weighted by Crippen LogP contribution is -2.48. The van der Waals surface area contributed by atoms with E-state index >= 15 is 0 Å². The highest BCUT2D eigenvalue weighted by Gasteiger charge is 2.42. The van der Waals surface area contributed by atoms with Gasteiger partial charge in [0.1, 0.15) is 5.82 Å². The Labute approximate surface area is 114 Å². The molecule has 0 radical (unpaired) electrons. The highest BCUT2D eigenvalue weighted by atomic mass is 19.1. The SMILES string of the molecule is CC(C)(CN1C(=O)C(=O)c2cccc(F)c21)C(=O)NN. The van der Waals surface area contributed by atoms with Gasteiger partial charge in [-0.3, -0.25) is 19.8 Å². The number of para-hydroxylation sites is 1. The number of hydrazine groups is 1. The number of nitrogens with two attached hydrogens (primary N) is 1. The van der Waals surface area contributed by atoms with E-state index in [0.717, 1.165) is 11.0 Å². The number of benzene rings is 1. The highest BCUT2D eigenvalue weighted by Crippen LogP contribution is 2.34. The van der Waals surface area contributed by atoms with Crippen molar-refractivity contribution >= 4 is 23.3 Å². The van der Waals surface area contributed by atoms with E-state index in [9.17, 15) is 18.8 Å². The maximum Gasteiger partial charge on any atom is 0.299 e. The molecule has 0 saturated heterocycles. The van der Waals surface area contributed by atoms with E-state index in [1.807, 2.05) is 5.43 Å². The average molecular weight is 279 g/mol. The van der Waals surface area contributed by atoms with Crippen LogP contribution in [0.25, 0.3) is 0 Å². The summed E-state index contributed by atoms with van der Waals surface area (Å²) in [5, 5.41) is 0. The molecule has 0 spiro atoms. The maximum absolute atomic E-state index is 13.9. The second-order valence-corrected chi connectivity index (χ2v) is 5.21. The molecule has 0 fully saturated rings. The molecule has 7 heteroatoms. The number of Topliss-reactive ketones (excluding diaryl/α,β-unsaturated/α-hetero) is 1. The number of nitrogens with zero attached hydrogens (tertiary/aromatic N) is 1. The van der Waals surface area contributed by atoms with E-state index in [1.165, 1.54) is 12.1 Å². The molecular weight excluding hydrogens is 265 g/mol. The molecule has 1 aliphatic heterocycles. The van der Waals surface area contributed by atoms with Crippen molar-refractivity contribution in [1.82, 2.24) is 5.43 Å². The number of carbonyl (C=O) groups is 3. The predicted molar refractivity (Wildman–Crippen MR) is 69.2 cm³/mol. The lowest BCUT2D eigenvalue weighted by molar-refractivity contribution is -0.129. The minimum Gasteiger partial charge on any atom is -0.301 e. The summed E-state index contributed by atoms with van der Waals surface area (Å²) in [5.41, 5.74) is 0.857. The fourth-order valence-electron chi connectivity index (χ4n) is 2.13. The summed E-state index contributed by atoms with van der Waals surface area (Å²) in [4.78, 5) is 36.4. The highest BCUT2D eigenvalue weighted by molar-refractivity contribution is 6.52. The van der Waals surface area contributed by atoms with Gasteiger partial charge in [0.2, 0.25) is 5.91 Å². The first-order valence-electron chi connectivity index (χ1n) is 5.95. The van der Waals surface area contributed by atoms with E-state index in [-0.39, 0.29) is 17.8 Å². The minimum atomic E-state index is -1.06. The fraction of sp³-hybridized carbons (Fsp3) is 0.308. The maximum atomic E-state index is 13.9. The molecule has 6 nitrogen and oxygen atoms in total. The van der Waals surface area contributed by atoms with E-state index < -0.39 is 28.8 Å². The van der Waals surface area contributed by atoms with Gasteiger partial charge in [-0.25, -0.2) is 10.2 Å². The Bertz CT molecular complexity index is 613. The molecule has 3 N–H and O–H groups in total. The van der Waals surface area contributed by atoms with Crippen molar-refractivity contribution in [3.63, 3.8) is 0 Å². The van der Waals surface area contributed by atoms with Crippen LogP contribution in [-0.2, 0) is 9.59 Å². The first-order chi connectivity index (χ1) is 9.29. The number of rotatable bonds is 3. The monoisotopic (exact) mass is 279 g/mol. The van der Waals surface area contributed by atoms with Crippen molar-refractivity contribution in [2.45, 2.75) is 13.8 Å². The van der Waals surface area contributed by atoms with Crippen molar-refractivity contribution < 1.29 is 18.8 Å². The van der Waals surface area contributed by atoms with E-state index in [4.69, 9.17) is 5.84 Å². The van der Waals surface area contributed by atoms with Crippen LogP contribution in [0, 0.1) is 11.2 Å². The largest absolute Gasteiger partial charge is 0.301 e. The van der Waals surface area contributed by atoms with Crippen molar-refractivity contribution in [2.24, 2.45) is 11.3 Å². The Morgan fingerprint density at radius 3 is 2.65 bits per heavy atom. The Kier molecular flexibility index (Phi) is 3.31. The first-order valence-corrected chi connectivity index (χ1v) is 5.95. The van der Waals surface area contributed by atoms with E-state index in [0.29, 0.717) is 0 Å². The van der Waals surface area contributed by atoms with Crippen LogP contribution >= 0.6 is 0 Å². The van der Waals surface area contributed by atoms with Crippen LogP contribution in [-0.4, -0.2) is 24.1 Å². The molecular formula is C13H14FN3O3. The zero-order valence-corrected chi connectivity index (χ0v) is 11.1. The molecule has 0 bridgehead atoms. The number of amides is 2. The molecule has 1 aromatic rings. The molecule has 0 aromatic heterocycles. The van der Waals surface area contributed by atoms with Gasteiger partial charge in [-0.2, -0.15) is 0 Å². The second-order valence-electron chi connectivity index (χ2n) is 5.21. The Hall–Kier alpha value is -2.28. The van der Waals surface area contributed by atoms with Crippen LogP contribution in [0.4, 0.5) is 10.1 Å². The summed E-state index contributed by atoms with van der Waals surface area (Å²) in [6.45, 7) is 2.95. The number of carbonyl (C=O) groups excluding carboxylic acids is 3. The van der Waals surface area contributed by atoms with Crippen LogP contribution in [0.3, 0.4) is 0 Å². The molecule has 0 unspecified atom stereocenters. The average Bonchev–Trinajstić information content (AvgIpc) is 2.64. The summed E-state index contributed by atoms with van der Waals surface area (Å²) in [6.07, 6.45) is 0. The third kappa shape index (κ3) is 2.05. The number of anilines is 1. The van der Waals surface area contributed by atoms with Crippen LogP contribution in [0.15, 0.2) is 18.2 Å². The molecule has 0 aliphatic carbocycles. The quantitative estimate of drug-likeness (QED) is 0.362. The van der Waals surface area contributed by atoms with Crippen molar-refractivity contribution in [1.29, 1.82) is 0 Å². The minimum absolute atomic E-state index is 0.0129. The van der Waals surface area contributed by atoms with Gasteiger partial charge in [0.15, 0.2) is 0 Å². The van der Waals surface area contributed by atoms with E-state index in [1.54, 1.807) is 13.8 Å². The molecule has 106 valence electrons. The summed E-state index contributed by atoms with van der Waals surface area (Å²) >= 11 is 0. The van der Waals surface area contributed by atoms with Gasteiger partial charge in [0, 0.05) is 6.54 Å². The van der Waals surface area contributed by atoms with Crippen molar-refractivity contribution in [2.75, 3.05) is 11.4 Å². The van der Waals surface area contributed by atoms with Crippen LogP contribution in [0.2, 0.25) is 0 Å². The van der Waals surface area contributed by atoms with Gasteiger partial charge < -0.3 is 4.90 Å². The summed E-state index contributed by atoms with van der Waals surface area (Å²) in [7, 11) is 0. The molecule has 1 aromatic carbocycles. The number of fused-ring (bicyclic) bond motifs is 1. The van der Waals surface area contributed by atoms with Crippen LogP contribution in [0.1, 0.15) is 24.2 Å². The van der Waals surface area contributed by atoms with Gasteiger partial charge in [0.25, 0.3) is 11.7 Å². The molecule has 2 rings (SSSR count). The number of nitrogens with one attached hydrogen (secondary N) is 1. The molecule has 20 heavy (non-hydrogen) atoms. The predicted octanol–water partition coefficient (Wildman–Crippen LogP) is 0.371. The summed E-state index contributed by atoms with van der Waals surface area (Å²) < 4.78 is 13.9. The van der Waals surface area contributed by atoms with Crippen molar-refractivity contribution in [3.8, 4) is 0 Å². The van der Waals surface area contributed by atoms with Gasteiger partial charge in [0.05, 0.1) is 16.7 Å². The van der Waals surface area contributed by atoms with Gasteiger partial charge in [-0.05, 0) is 26.0 Å². The topological polar surface area (TPSA) is 92.5 Å². The lowest BCUT2D eigenvalue weighted by atomic mass is 9.91. The fourth-order valence-corrected chi connectivity index (χ4v) is 2.13. The van der Waals surface area contributed by atoms with Gasteiger partial charge in [-0.1, -0.05) is 6.07 Å². The lowest BCUT2D eigenvalue weighted by Gasteiger charge is -2.28. The first kappa shape index (κ1) is 14.1. The molecule has 0 atom stereocenters. The molecule has 1 heterocycles. The number of hydrogen-bond donors (Lipinski definition) is 2. The summed E-state index contributed by atoms with van der Waals surface area (Å²) in [5.74, 6) is 2.27. The number of ketones is 1. The number of hydrogen-bond acceptors (Lipinski definition) is 4. The zero-order valence-electron chi connectivity index (χ0n) is 11.1. The smallest absolute Gasteiger partial charge is 0.299 e. The Balaban J connectivity index is 2.43. The van der Waals surface area contributed by atoms with Crippen LogP contribution in [0.5, 0.6) is 0 Å². The normalized spacial score (nSPS) is 14.5. The van der Waals surface area contributed by atoms with Gasteiger partial charge in [-0.15, -0.1) is 0 Å². The second kappa shape index (κ2) is 4.68. The summed E-state index contributed by atoms with van der Waals surface area (Å²) in [6, 6.07) is 3.91. The van der Waals surface area contributed by atoms with E-state index in [2.05, 4.69) is 0 Å². The van der Waals surface area contributed by atoms with Crippen molar-refractivity contribution in [3.05, 3.63) is 29.6 Å². The molecule has 1 aliphatic rings. The Morgan fingerprint density at radius 1 is 1.40 bits per heavy atom. The Morgan fingerprint density at radius 2 is 2.05 bits per heavy atom. The third-order valence-electron chi connectivity index (χ3n) is 3.24. The molecule has 2 amide bonds. The molecule has 0 saturated carbocycles. The van der Waals surface area contributed by atoms with Gasteiger partial charge >= 0.3 is 0 Å². The standard InChI is InChI=1S/C13H14FN3O3/c1-13(2,12(20)16-15)6-17-9-7(10(18)11(17)19)4-3-5-8(9)14/h3-5H,6,15H2,1-2H3,(H,16,20). The number of halogens is 1. The third-order valence-corrected chi connectivity index (χ3v) is 3.24. The van der Waals surface area contributed by atoms with Crippen LogP contribution < -0.4 is 16.2 Å².